The smallest absolute Gasteiger partial charge is 0.166 e. The van der Waals surface area contributed by atoms with Crippen molar-refractivity contribution in [3.05, 3.63) is 58.0 Å². The summed E-state index contributed by atoms with van der Waals surface area (Å²) in [5, 5.41) is 35.3. The number of benzene rings is 2. The summed E-state index contributed by atoms with van der Waals surface area (Å²) < 4.78 is 23.8. The van der Waals surface area contributed by atoms with E-state index in [1.165, 1.54) is 18.9 Å². The molecule has 0 amide bonds. The first kappa shape index (κ1) is 20.4. The highest BCUT2D eigenvalue weighted by atomic mass is 19.1. The Morgan fingerprint density at radius 2 is 2.03 bits per heavy atom. The second kappa shape index (κ2) is 6.09. The number of ether oxygens (including phenoxy) is 1. The number of nitrogens with zero attached hydrogens (tertiary/aromatic N) is 2. The largest absolute Gasteiger partial charge is 0.504 e. The number of fused-ring (bicyclic) bond motifs is 7. The summed E-state index contributed by atoms with van der Waals surface area (Å²) in [6.07, 6.45) is 3.07. The van der Waals surface area contributed by atoms with E-state index in [2.05, 4.69) is 9.47 Å². The molecule has 7 heteroatoms. The molecular formula is C29H29FN2O4. The van der Waals surface area contributed by atoms with Crippen LogP contribution < -0.4 is 4.74 Å². The zero-order chi connectivity index (χ0) is 24.3. The van der Waals surface area contributed by atoms with Gasteiger partial charge >= 0.3 is 0 Å². The second-order valence-electron chi connectivity index (χ2n) is 12.2. The third kappa shape index (κ3) is 2.10. The average Bonchev–Trinajstić information content (AvgIpc) is 3.70. The van der Waals surface area contributed by atoms with E-state index in [1.807, 2.05) is 13.0 Å². The molecule has 0 bridgehead atoms. The van der Waals surface area contributed by atoms with Crippen molar-refractivity contribution in [1.29, 1.82) is 0 Å². The molecular weight excluding hydrogens is 459 g/mol. The minimum atomic E-state index is -1.09. The monoisotopic (exact) mass is 488 g/mol. The van der Waals surface area contributed by atoms with Crippen LogP contribution in [0.2, 0.25) is 0 Å². The molecule has 3 N–H and O–H groups in total. The Bertz CT molecular complexity index is 1530. The van der Waals surface area contributed by atoms with Gasteiger partial charge in [-0.25, -0.2) is 4.39 Å². The fourth-order valence-corrected chi connectivity index (χ4v) is 8.89. The van der Waals surface area contributed by atoms with Crippen molar-refractivity contribution in [2.45, 2.75) is 80.9 Å². The van der Waals surface area contributed by atoms with E-state index < -0.39 is 23.2 Å². The SMILES string of the molecule is Cc1ccc(O)c2c1[C@]13CC4[C@@H](N4CC4CC4)[C@]1(O)Cc1c(n4c5c(cc(F)cc15)[C@@H](O)CC4)[C@@H]3O2. The molecule has 2 saturated carbocycles. The lowest BCUT2D eigenvalue weighted by molar-refractivity contribution is -0.0873. The van der Waals surface area contributed by atoms with Gasteiger partial charge in [0.2, 0.25) is 0 Å². The van der Waals surface area contributed by atoms with E-state index in [9.17, 15) is 19.7 Å². The van der Waals surface area contributed by atoms with E-state index in [-0.39, 0.29) is 17.6 Å². The number of phenols is 1. The number of aromatic nitrogens is 1. The van der Waals surface area contributed by atoms with Gasteiger partial charge in [0.05, 0.1) is 34.4 Å². The Morgan fingerprint density at radius 1 is 1.19 bits per heavy atom. The number of aromatic hydroxyl groups is 1. The first-order valence-electron chi connectivity index (χ1n) is 13.3. The molecule has 3 aliphatic heterocycles. The quantitative estimate of drug-likeness (QED) is 0.479. The van der Waals surface area contributed by atoms with E-state index in [4.69, 9.17) is 4.74 Å². The first-order chi connectivity index (χ1) is 17.3. The lowest BCUT2D eigenvalue weighted by Gasteiger charge is -2.49. The highest BCUT2D eigenvalue weighted by Crippen LogP contribution is 2.73. The molecule has 36 heavy (non-hydrogen) atoms. The molecule has 4 heterocycles. The van der Waals surface area contributed by atoms with Crippen molar-refractivity contribution in [1.82, 2.24) is 9.47 Å². The number of rotatable bonds is 2. The minimum Gasteiger partial charge on any atom is -0.504 e. The van der Waals surface area contributed by atoms with Gasteiger partial charge in [0.25, 0.3) is 0 Å². The van der Waals surface area contributed by atoms with Gasteiger partial charge in [0.1, 0.15) is 5.82 Å². The van der Waals surface area contributed by atoms with E-state index in [0.717, 1.165) is 52.2 Å². The molecule has 7 atom stereocenters. The standard InChI is InChI=1S/C29H29FN2O4/c1-13-2-5-21(34)25-22(13)28-11-19-26(32(19)12-14-3-4-14)29(28,35)10-18-16-8-15(30)9-17-20(33)6-7-31(23(16)17)24(18)27(28)36-25/h2,5,8-9,14,19-20,26-27,33-35H,3-4,6-7,10-12H2,1H3/t19?,20-,26+,27-,28-,29+,32?/m0/s1. The molecule has 1 aromatic heterocycles. The highest BCUT2D eigenvalue weighted by Gasteiger charge is 2.81. The minimum absolute atomic E-state index is 0.0344. The van der Waals surface area contributed by atoms with Crippen molar-refractivity contribution >= 4 is 10.9 Å². The van der Waals surface area contributed by atoms with Gasteiger partial charge in [0, 0.05) is 42.1 Å². The van der Waals surface area contributed by atoms with Gasteiger partial charge in [-0.2, -0.15) is 0 Å². The number of halogens is 1. The van der Waals surface area contributed by atoms with E-state index in [0.29, 0.717) is 36.7 Å². The molecule has 3 aliphatic carbocycles. The van der Waals surface area contributed by atoms with Crippen LogP contribution in [-0.2, 0) is 18.4 Å². The maximum Gasteiger partial charge on any atom is 0.166 e. The van der Waals surface area contributed by atoms with Crippen LogP contribution in [-0.4, -0.2) is 49.0 Å². The van der Waals surface area contributed by atoms with Gasteiger partial charge in [-0.15, -0.1) is 0 Å². The third-order valence-corrected chi connectivity index (χ3v) is 10.5. The fraction of sp³-hybridized carbons (Fsp3) is 0.517. The predicted octanol–water partition coefficient (Wildman–Crippen LogP) is 3.76. The van der Waals surface area contributed by atoms with Crippen LogP contribution in [0.1, 0.15) is 65.8 Å². The molecule has 2 aromatic carbocycles. The summed E-state index contributed by atoms with van der Waals surface area (Å²) in [6.45, 7) is 3.69. The van der Waals surface area contributed by atoms with E-state index >= 15 is 0 Å². The van der Waals surface area contributed by atoms with Crippen LogP contribution in [0.25, 0.3) is 10.9 Å². The van der Waals surface area contributed by atoms with Crippen LogP contribution in [0.5, 0.6) is 11.5 Å². The first-order valence-corrected chi connectivity index (χ1v) is 13.3. The van der Waals surface area contributed by atoms with Crippen molar-refractivity contribution in [2.24, 2.45) is 5.92 Å². The lowest BCUT2D eigenvalue weighted by Crippen LogP contribution is -2.60. The number of aliphatic hydroxyl groups is 2. The molecule has 1 spiro atoms. The summed E-state index contributed by atoms with van der Waals surface area (Å²) in [4.78, 5) is 2.48. The topological polar surface area (TPSA) is 77.9 Å². The zero-order valence-electron chi connectivity index (χ0n) is 20.2. The fourth-order valence-electron chi connectivity index (χ4n) is 8.89. The molecule has 3 aromatic rings. The summed E-state index contributed by atoms with van der Waals surface area (Å²) >= 11 is 0. The normalized spacial score (nSPS) is 38.7. The third-order valence-electron chi connectivity index (χ3n) is 10.5. The van der Waals surface area contributed by atoms with Crippen LogP contribution in [0.4, 0.5) is 4.39 Å². The number of hydrogen-bond acceptors (Lipinski definition) is 5. The van der Waals surface area contributed by atoms with Crippen LogP contribution in [0, 0.1) is 18.7 Å². The Labute approximate surface area is 207 Å². The number of aryl methyl sites for hydroxylation is 2. The van der Waals surface area contributed by atoms with Crippen molar-refractivity contribution in [2.75, 3.05) is 6.54 Å². The lowest BCUT2D eigenvalue weighted by atomic mass is 9.58. The predicted molar refractivity (Wildman–Crippen MR) is 130 cm³/mol. The Hall–Kier alpha value is -2.61. The van der Waals surface area contributed by atoms with Crippen molar-refractivity contribution in [3.63, 3.8) is 0 Å². The number of phenolic OH excluding ortho intramolecular Hbond substituents is 1. The summed E-state index contributed by atoms with van der Waals surface area (Å²) in [5.74, 6) is 0.965. The van der Waals surface area contributed by atoms with Gasteiger partial charge in [-0.05, 0) is 67.9 Å². The maximum atomic E-state index is 14.9. The molecule has 0 radical (unpaired) electrons. The number of piperidine rings is 1. The van der Waals surface area contributed by atoms with Crippen molar-refractivity contribution in [3.8, 4) is 11.5 Å². The summed E-state index contributed by atoms with van der Waals surface area (Å²) in [6, 6.07) is 6.95. The van der Waals surface area contributed by atoms with Crippen molar-refractivity contribution < 1.29 is 24.4 Å². The summed E-state index contributed by atoms with van der Waals surface area (Å²) in [5.41, 5.74) is 3.61. The van der Waals surface area contributed by atoms with Gasteiger partial charge in [0.15, 0.2) is 17.6 Å². The maximum absolute atomic E-state index is 14.9. The van der Waals surface area contributed by atoms with E-state index in [1.54, 1.807) is 12.1 Å². The Balaban J connectivity index is 1.34. The van der Waals surface area contributed by atoms with Crippen LogP contribution >= 0.6 is 0 Å². The molecule has 9 rings (SSSR count). The molecule has 186 valence electrons. The molecule has 6 nitrogen and oxygen atoms in total. The Morgan fingerprint density at radius 3 is 2.83 bits per heavy atom. The van der Waals surface area contributed by atoms with Gasteiger partial charge < -0.3 is 24.6 Å². The van der Waals surface area contributed by atoms with Gasteiger partial charge in [-0.1, -0.05) is 6.07 Å². The van der Waals surface area contributed by atoms with Crippen LogP contribution in [0.3, 0.4) is 0 Å². The average molecular weight is 489 g/mol. The van der Waals surface area contributed by atoms with Crippen LogP contribution in [0.15, 0.2) is 24.3 Å². The molecule has 3 fully saturated rings. The molecule has 1 saturated heterocycles. The Kier molecular flexibility index (Phi) is 3.46. The summed E-state index contributed by atoms with van der Waals surface area (Å²) in [7, 11) is 0. The second-order valence-corrected chi connectivity index (χ2v) is 12.2. The molecule has 6 aliphatic rings. The zero-order valence-corrected chi connectivity index (χ0v) is 20.2. The number of likely N-dealkylation sites (tertiary alicyclic amines) is 1. The highest BCUT2D eigenvalue weighted by molar-refractivity contribution is 5.90. The molecule has 2 unspecified atom stereocenters. The number of hydrogen-bond donors (Lipinski definition) is 3. The van der Waals surface area contributed by atoms with Gasteiger partial charge in [-0.3, -0.25) is 4.90 Å². The number of aliphatic hydroxyl groups excluding tert-OH is 1.